The molecule has 1 amide bonds. The lowest BCUT2D eigenvalue weighted by Crippen LogP contribution is -2.44. The monoisotopic (exact) mass is 425 g/mol. The zero-order chi connectivity index (χ0) is 21.3. The van der Waals surface area contributed by atoms with Crippen molar-refractivity contribution in [3.8, 4) is 0 Å². The summed E-state index contributed by atoms with van der Waals surface area (Å²) in [6, 6.07) is 0. The SMILES string of the molecule is CCOC(=O)c1c(S(=O)(=O)N2CCC(C(=O)N3CCCC3)CC2)c(C)n(C)c1C. The highest BCUT2D eigenvalue weighted by atomic mass is 32.2. The minimum absolute atomic E-state index is 0.0280. The Morgan fingerprint density at radius 2 is 1.62 bits per heavy atom. The number of aromatic nitrogens is 1. The second-order valence-electron chi connectivity index (χ2n) is 7.87. The van der Waals surface area contributed by atoms with E-state index in [0.717, 1.165) is 25.9 Å². The Balaban J connectivity index is 1.83. The summed E-state index contributed by atoms with van der Waals surface area (Å²) in [7, 11) is -2.13. The van der Waals surface area contributed by atoms with Crippen LogP contribution in [0.1, 0.15) is 54.4 Å². The summed E-state index contributed by atoms with van der Waals surface area (Å²) in [5, 5.41) is 0. The predicted molar refractivity (Wildman–Crippen MR) is 108 cm³/mol. The number of hydrogen-bond acceptors (Lipinski definition) is 5. The Morgan fingerprint density at radius 3 is 2.17 bits per heavy atom. The number of esters is 1. The van der Waals surface area contributed by atoms with E-state index in [-0.39, 0.29) is 42.0 Å². The Labute approximate surface area is 172 Å². The maximum absolute atomic E-state index is 13.4. The van der Waals surface area contributed by atoms with Gasteiger partial charge in [-0.15, -0.1) is 0 Å². The third-order valence-corrected chi connectivity index (χ3v) is 8.28. The minimum atomic E-state index is -3.87. The maximum atomic E-state index is 13.4. The van der Waals surface area contributed by atoms with Crippen LogP contribution in [0.2, 0.25) is 0 Å². The molecule has 162 valence electrons. The Kier molecular flexibility index (Phi) is 6.38. The molecular weight excluding hydrogens is 394 g/mol. The molecule has 0 radical (unpaired) electrons. The molecule has 2 fully saturated rings. The summed E-state index contributed by atoms with van der Waals surface area (Å²) >= 11 is 0. The van der Waals surface area contributed by atoms with Crippen LogP contribution in [0, 0.1) is 19.8 Å². The van der Waals surface area contributed by atoms with Gasteiger partial charge in [0.15, 0.2) is 0 Å². The van der Waals surface area contributed by atoms with Gasteiger partial charge in [0.2, 0.25) is 15.9 Å². The van der Waals surface area contributed by atoms with Crippen molar-refractivity contribution in [2.75, 3.05) is 32.8 Å². The number of nitrogens with zero attached hydrogens (tertiary/aromatic N) is 3. The van der Waals surface area contributed by atoms with Crippen LogP contribution in [0.5, 0.6) is 0 Å². The van der Waals surface area contributed by atoms with Crippen LogP contribution in [0.25, 0.3) is 0 Å². The van der Waals surface area contributed by atoms with Gasteiger partial charge in [0.1, 0.15) is 10.5 Å². The van der Waals surface area contributed by atoms with Crippen molar-refractivity contribution in [1.82, 2.24) is 13.8 Å². The van der Waals surface area contributed by atoms with Crippen LogP contribution >= 0.6 is 0 Å². The van der Waals surface area contributed by atoms with Gasteiger partial charge >= 0.3 is 5.97 Å². The van der Waals surface area contributed by atoms with E-state index in [1.165, 1.54) is 4.31 Å². The lowest BCUT2D eigenvalue weighted by molar-refractivity contribution is -0.135. The lowest BCUT2D eigenvalue weighted by atomic mass is 9.97. The summed E-state index contributed by atoms with van der Waals surface area (Å²) in [4.78, 5) is 27.1. The number of rotatable bonds is 5. The molecule has 2 aliphatic heterocycles. The van der Waals surface area contributed by atoms with Crippen molar-refractivity contribution in [2.24, 2.45) is 13.0 Å². The van der Waals surface area contributed by atoms with E-state index in [1.54, 1.807) is 32.4 Å². The number of sulfonamides is 1. The molecule has 0 unspecified atom stereocenters. The highest BCUT2D eigenvalue weighted by Crippen LogP contribution is 2.32. The highest BCUT2D eigenvalue weighted by molar-refractivity contribution is 7.89. The Bertz CT molecular complexity index is 892. The van der Waals surface area contributed by atoms with Crippen LogP contribution in [0.15, 0.2) is 4.90 Å². The second-order valence-corrected chi connectivity index (χ2v) is 9.74. The van der Waals surface area contributed by atoms with Gasteiger partial charge in [-0.1, -0.05) is 0 Å². The number of piperidine rings is 1. The normalized spacial score (nSPS) is 19.0. The first kappa shape index (κ1) is 21.8. The number of likely N-dealkylation sites (tertiary alicyclic amines) is 1. The predicted octanol–water partition coefficient (Wildman–Crippen LogP) is 1.84. The molecule has 0 N–H and O–H groups in total. The van der Waals surface area contributed by atoms with E-state index in [2.05, 4.69) is 0 Å². The summed E-state index contributed by atoms with van der Waals surface area (Å²) in [5.74, 6) is -0.590. The van der Waals surface area contributed by atoms with E-state index in [4.69, 9.17) is 4.74 Å². The molecule has 0 aliphatic carbocycles. The first-order valence-electron chi connectivity index (χ1n) is 10.3. The largest absolute Gasteiger partial charge is 0.462 e. The molecule has 9 heteroatoms. The highest BCUT2D eigenvalue weighted by Gasteiger charge is 2.39. The van der Waals surface area contributed by atoms with Crippen LogP contribution in [-0.2, 0) is 26.6 Å². The molecular formula is C20H31N3O5S. The number of carbonyl (C=O) groups is 2. The summed E-state index contributed by atoms with van der Waals surface area (Å²) in [6.07, 6.45) is 3.10. The molecule has 0 aromatic carbocycles. The van der Waals surface area contributed by atoms with Crippen molar-refractivity contribution >= 4 is 21.9 Å². The fourth-order valence-corrected chi connectivity index (χ4v) is 6.29. The van der Waals surface area contributed by atoms with Crippen molar-refractivity contribution in [3.05, 3.63) is 17.0 Å². The smallest absolute Gasteiger partial charge is 0.341 e. The number of ether oxygens (including phenoxy) is 1. The third-order valence-electron chi connectivity index (χ3n) is 6.22. The molecule has 0 atom stereocenters. The van der Waals surface area contributed by atoms with Gasteiger partial charge < -0.3 is 14.2 Å². The summed E-state index contributed by atoms with van der Waals surface area (Å²) < 4.78 is 35.1. The second kappa shape index (κ2) is 8.47. The average Bonchev–Trinajstić information content (AvgIpc) is 3.31. The van der Waals surface area contributed by atoms with Crippen molar-refractivity contribution in [3.63, 3.8) is 0 Å². The van der Waals surface area contributed by atoms with Gasteiger partial charge in [-0.05, 0) is 46.5 Å². The van der Waals surface area contributed by atoms with Crippen molar-refractivity contribution in [1.29, 1.82) is 0 Å². The topological polar surface area (TPSA) is 88.9 Å². The Morgan fingerprint density at radius 1 is 1.03 bits per heavy atom. The number of amides is 1. The van der Waals surface area contributed by atoms with Crippen LogP contribution < -0.4 is 0 Å². The molecule has 1 aromatic rings. The fraction of sp³-hybridized carbons (Fsp3) is 0.700. The van der Waals surface area contributed by atoms with Gasteiger partial charge in [-0.25, -0.2) is 13.2 Å². The van der Waals surface area contributed by atoms with E-state index < -0.39 is 16.0 Å². The fourth-order valence-electron chi connectivity index (χ4n) is 4.34. The lowest BCUT2D eigenvalue weighted by Gasteiger charge is -2.32. The molecule has 8 nitrogen and oxygen atoms in total. The standard InChI is InChI=1S/C20H31N3O5S/c1-5-28-20(25)17-14(2)21(4)15(3)18(17)29(26,27)23-12-8-16(9-13-23)19(24)22-10-6-7-11-22/h16H,5-13H2,1-4H3. The Hall–Kier alpha value is -1.87. The molecule has 0 bridgehead atoms. The molecule has 3 rings (SSSR count). The van der Waals surface area contributed by atoms with Crippen LogP contribution in [0.4, 0.5) is 0 Å². The zero-order valence-corrected chi connectivity index (χ0v) is 18.5. The van der Waals surface area contributed by atoms with Crippen LogP contribution in [0.3, 0.4) is 0 Å². The average molecular weight is 426 g/mol. The van der Waals surface area contributed by atoms with E-state index in [9.17, 15) is 18.0 Å². The molecule has 3 heterocycles. The number of carbonyl (C=O) groups excluding carboxylic acids is 2. The minimum Gasteiger partial charge on any atom is -0.462 e. The molecule has 0 saturated carbocycles. The zero-order valence-electron chi connectivity index (χ0n) is 17.7. The molecule has 1 aromatic heterocycles. The molecule has 2 saturated heterocycles. The van der Waals surface area contributed by atoms with Gasteiger partial charge in [0.25, 0.3) is 0 Å². The van der Waals surface area contributed by atoms with E-state index >= 15 is 0 Å². The van der Waals surface area contributed by atoms with Crippen molar-refractivity contribution in [2.45, 2.75) is 51.3 Å². The van der Waals surface area contributed by atoms with Crippen LogP contribution in [-0.4, -0.2) is 66.9 Å². The maximum Gasteiger partial charge on any atom is 0.341 e. The van der Waals surface area contributed by atoms with Gasteiger partial charge in [-0.2, -0.15) is 4.31 Å². The summed E-state index contributed by atoms with van der Waals surface area (Å²) in [5.41, 5.74) is 1.20. The quantitative estimate of drug-likeness (QED) is 0.672. The van der Waals surface area contributed by atoms with E-state index in [0.29, 0.717) is 24.2 Å². The number of hydrogen-bond donors (Lipinski definition) is 0. The molecule has 2 aliphatic rings. The van der Waals surface area contributed by atoms with E-state index in [1.807, 2.05) is 4.90 Å². The van der Waals surface area contributed by atoms with Gasteiger partial charge in [-0.3, -0.25) is 4.79 Å². The van der Waals surface area contributed by atoms with Gasteiger partial charge in [0, 0.05) is 50.5 Å². The third kappa shape index (κ3) is 3.94. The summed E-state index contributed by atoms with van der Waals surface area (Å²) in [6.45, 7) is 7.47. The van der Waals surface area contributed by atoms with Gasteiger partial charge in [0.05, 0.1) is 6.61 Å². The first-order chi connectivity index (χ1) is 13.7. The van der Waals surface area contributed by atoms with Crippen molar-refractivity contribution < 1.29 is 22.7 Å². The molecule has 0 spiro atoms. The molecule has 29 heavy (non-hydrogen) atoms. The first-order valence-corrected chi connectivity index (χ1v) is 11.8.